The molecule has 5 nitrogen and oxygen atoms in total. The molecule has 2 amide bonds. The van der Waals surface area contributed by atoms with Crippen LogP contribution in [0.1, 0.15) is 25.3 Å². The van der Waals surface area contributed by atoms with Gasteiger partial charge < -0.3 is 15.0 Å². The van der Waals surface area contributed by atoms with E-state index in [0.29, 0.717) is 13.0 Å². The van der Waals surface area contributed by atoms with E-state index in [1.165, 1.54) is 0 Å². The lowest BCUT2D eigenvalue weighted by molar-refractivity contribution is -0.145. The Morgan fingerprint density at radius 2 is 2.19 bits per heavy atom. The maximum absolute atomic E-state index is 12.4. The number of hydrogen-bond donors (Lipinski definition) is 1. The summed E-state index contributed by atoms with van der Waals surface area (Å²) in [6, 6.07) is 5.20. The highest BCUT2D eigenvalue weighted by Crippen LogP contribution is 2.24. The lowest BCUT2D eigenvalue weighted by Gasteiger charge is -2.32. The van der Waals surface area contributed by atoms with Gasteiger partial charge in [-0.15, -0.1) is 0 Å². The third-order valence-corrected chi connectivity index (χ3v) is 4.24. The van der Waals surface area contributed by atoms with Crippen molar-refractivity contribution in [1.29, 1.82) is 0 Å². The van der Waals surface area contributed by atoms with Crippen LogP contribution in [0, 0.1) is 0 Å². The summed E-state index contributed by atoms with van der Waals surface area (Å²) in [4.78, 5) is 25.8. The minimum Gasteiger partial charge on any atom is -0.497 e. The predicted molar refractivity (Wildman–Crippen MR) is 82.9 cm³/mol. The Kier molecular flexibility index (Phi) is 5.22. The van der Waals surface area contributed by atoms with Gasteiger partial charge in [0.25, 0.3) is 0 Å². The van der Waals surface area contributed by atoms with Crippen LogP contribution in [-0.2, 0) is 16.1 Å². The van der Waals surface area contributed by atoms with Crippen molar-refractivity contribution >= 4 is 27.7 Å². The van der Waals surface area contributed by atoms with E-state index < -0.39 is 6.04 Å². The van der Waals surface area contributed by atoms with E-state index in [1.807, 2.05) is 25.1 Å². The normalized spacial score (nSPS) is 18.6. The second-order valence-electron chi connectivity index (χ2n) is 5.06. The molecule has 0 spiro atoms. The van der Waals surface area contributed by atoms with Gasteiger partial charge in [0.1, 0.15) is 11.8 Å². The molecule has 1 aliphatic rings. The van der Waals surface area contributed by atoms with Crippen molar-refractivity contribution in [2.24, 2.45) is 0 Å². The van der Waals surface area contributed by atoms with Gasteiger partial charge in [0.2, 0.25) is 11.8 Å². The molecule has 1 N–H and O–H groups in total. The minimum atomic E-state index is -0.402. The zero-order valence-corrected chi connectivity index (χ0v) is 13.8. The topological polar surface area (TPSA) is 58.6 Å². The number of methoxy groups -OCH3 is 1. The number of nitrogens with one attached hydrogen (secondary N) is 1. The van der Waals surface area contributed by atoms with Crippen LogP contribution in [0.15, 0.2) is 22.7 Å². The Labute approximate surface area is 132 Å². The van der Waals surface area contributed by atoms with Crippen molar-refractivity contribution in [2.75, 3.05) is 13.7 Å². The fourth-order valence-corrected chi connectivity index (χ4v) is 2.77. The molecule has 1 heterocycles. The van der Waals surface area contributed by atoms with Gasteiger partial charge in [-0.25, -0.2) is 0 Å². The van der Waals surface area contributed by atoms with Gasteiger partial charge in [-0.3, -0.25) is 9.59 Å². The van der Waals surface area contributed by atoms with E-state index in [1.54, 1.807) is 12.0 Å². The van der Waals surface area contributed by atoms with Crippen LogP contribution in [0.4, 0.5) is 0 Å². The Hall–Kier alpha value is -1.56. The molecular formula is C15H19BrN2O3. The Balaban J connectivity index is 2.17. The smallest absolute Gasteiger partial charge is 0.245 e. The number of nitrogens with zero attached hydrogens (tertiary/aromatic N) is 1. The summed E-state index contributed by atoms with van der Waals surface area (Å²) >= 11 is 3.47. The first kappa shape index (κ1) is 15.8. The van der Waals surface area contributed by atoms with E-state index in [-0.39, 0.29) is 18.4 Å². The third-order valence-electron chi connectivity index (χ3n) is 3.47. The number of halogens is 1. The number of hydrogen-bond acceptors (Lipinski definition) is 3. The number of ether oxygens (including phenoxy) is 1. The highest BCUT2D eigenvalue weighted by Gasteiger charge is 2.32. The Morgan fingerprint density at radius 3 is 2.86 bits per heavy atom. The first-order chi connectivity index (χ1) is 10.0. The SMILES string of the molecule is CCCC1NC(=O)CN(Cc2cc(OC)ccc2Br)C1=O. The first-order valence-corrected chi connectivity index (χ1v) is 7.75. The van der Waals surface area contributed by atoms with Crippen LogP contribution in [-0.4, -0.2) is 36.4 Å². The zero-order valence-electron chi connectivity index (χ0n) is 12.2. The van der Waals surface area contributed by atoms with Crippen LogP contribution in [0.2, 0.25) is 0 Å². The fourth-order valence-electron chi connectivity index (χ4n) is 2.40. The molecule has 0 bridgehead atoms. The molecule has 1 saturated heterocycles. The summed E-state index contributed by atoms with van der Waals surface area (Å²) in [5, 5.41) is 2.75. The molecule has 21 heavy (non-hydrogen) atoms. The third kappa shape index (κ3) is 3.75. The molecule has 1 atom stereocenters. The van der Waals surface area contributed by atoms with Crippen LogP contribution in [0.3, 0.4) is 0 Å². The predicted octanol–water partition coefficient (Wildman–Crippen LogP) is 2.08. The molecule has 1 fully saturated rings. The Morgan fingerprint density at radius 1 is 1.43 bits per heavy atom. The number of piperazine rings is 1. The largest absolute Gasteiger partial charge is 0.497 e. The summed E-state index contributed by atoms with van der Waals surface area (Å²) in [5.41, 5.74) is 0.924. The van der Waals surface area contributed by atoms with E-state index >= 15 is 0 Å². The first-order valence-electron chi connectivity index (χ1n) is 6.95. The van der Waals surface area contributed by atoms with Crippen LogP contribution < -0.4 is 10.1 Å². The molecule has 114 valence electrons. The van der Waals surface area contributed by atoms with E-state index in [2.05, 4.69) is 21.2 Å². The number of carbonyl (C=O) groups excluding carboxylic acids is 2. The number of amides is 2. The summed E-state index contributed by atoms with van der Waals surface area (Å²) < 4.78 is 6.10. The molecule has 0 saturated carbocycles. The van der Waals surface area contributed by atoms with Crippen LogP contribution in [0.25, 0.3) is 0 Å². The second-order valence-corrected chi connectivity index (χ2v) is 5.91. The van der Waals surface area contributed by atoms with Gasteiger partial charge in [0, 0.05) is 11.0 Å². The van der Waals surface area contributed by atoms with E-state index in [4.69, 9.17) is 4.74 Å². The molecule has 1 aromatic rings. The summed E-state index contributed by atoms with van der Waals surface area (Å²) in [6.07, 6.45) is 1.52. The molecule has 2 rings (SSSR count). The van der Waals surface area contributed by atoms with Gasteiger partial charge in [0.15, 0.2) is 0 Å². The molecule has 1 aromatic carbocycles. The number of carbonyl (C=O) groups is 2. The van der Waals surface area contributed by atoms with Gasteiger partial charge in [-0.2, -0.15) is 0 Å². The number of benzene rings is 1. The molecule has 0 aromatic heterocycles. The van der Waals surface area contributed by atoms with Gasteiger partial charge in [-0.05, 0) is 30.2 Å². The summed E-state index contributed by atoms with van der Waals surface area (Å²) in [5.74, 6) is 0.602. The molecule has 0 aliphatic carbocycles. The average Bonchev–Trinajstić information content (AvgIpc) is 2.46. The zero-order chi connectivity index (χ0) is 15.4. The monoisotopic (exact) mass is 354 g/mol. The fraction of sp³-hybridized carbons (Fsp3) is 0.467. The van der Waals surface area contributed by atoms with Crippen molar-refractivity contribution in [2.45, 2.75) is 32.4 Å². The highest BCUT2D eigenvalue weighted by molar-refractivity contribution is 9.10. The molecule has 0 radical (unpaired) electrons. The lowest BCUT2D eigenvalue weighted by Crippen LogP contribution is -2.57. The quantitative estimate of drug-likeness (QED) is 0.880. The van der Waals surface area contributed by atoms with Gasteiger partial charge in [-0.1, -0.05) is 29.3 Å². The minimum absolute atomic E-state index is 0.0221. The maximum atomic E-state index is 12.4. The number of rotatable bonds is 5. The van der Waals surface area contributed by atoms with Crippen LogP contribution in [0.5, 0.6) is 5.75 Å². The van der Waals surface area contributed by atoms with Crippen molar-refractivity contribution in [3.63, 3.8) is 0 Å². The highest BCUT2D eigenvalue weighted by atomic mass is 79.9. The Bertz CT molecular complexity index is 548. The van der Waals surface area contributed by atoms with Crippen molar-refractivity contribution < 1.29 is 14.3 Å². The molecular weight excluding hydrogens is 336 g/mol. The summed E-state index contributed by atoms with van der Waals surface area (Å²) in [7, 11) is 1.60. The molecule has 1 unspecified atom stereocenters. The average molecular weight is 355 g/mol. The van der Waals surface area contributed by atoms with Crippen molar-refractivity contribution in [1.82, 2.24) is 10.2 Å². The molecule has 6 heteroatoms. The van der Waals surface area contributed by atoms with E-state index in [9.17, 15) is 9.59 Å². The van der Waals surface area contributed by atoms with Crippen molar-refractivity contribution in [3.8, 4) is 5.75 Å². The van der Waals surface area contributed by atoms with Crippen LogP contribution >= 0.6 is 15.9 Å². The lowest BCUT2D eigenvalue weighted by atomic mass is 10.1. The standard InChI is InChI=1S/C15H19BrN2O3/c1-3-4-13-15(20)18(9-14(19)17-13)8-10-7-11(21-2)5-6-12(10)16/h5-7,13H,3-4,8-9H2,1-2H3,(H,17,19). The maximum Gasteiger partial charge on any atom is 0.245 e. The van der Waals surface area contributed by atoms with Gasteiger partial charge >= 0.3 is 0 Å². The van der Waals surface area contributed by atoms with Crippen molar-refractivity contribution in [3.05, 3.63) is 28.2 Å². The van der Waals surface area contributed by atoms with E-state index in [0.717, 1.165) is 22.2 Å². The molecule has 1 aliphatic heterocycles. The summed E-state index contributed by atoms with van der Waals surface area (Å²) in [6.45, 7) is 2.49. The second kappa shape index (κ2) is 6.93. The van der Waals surface area contributed by atoms with Gasteiger partial charge in [0.05, 0.1) is 13.7 Å².